The average Bonchev–Trinajstić information content (AvgIpc) is 3.38. The Labute approximate surface area is 441 Å². The Morgan fingerprint density at radius 3 is 1.33 bits per heavy atom. The number of rotatable bonds is 49. The van der Waals surface area contributed by atoms with Gasteiger partial charge in [0, 0.05) is 6.42 Å². The zero-order chi connectivity index (χ0) is 52.2. The summed E-state index contributed by atoms with van der Waals surface area (Å²) in [6.45, 7) is 3.64. The third-order valence-corrected chi connectivity index (χ3v) is 13.4. The van der Waals surface area contributed by atoms with E-state index in [1.165, 1.54) is 128 Å². The second-order valence-corrected chi connectivity index (χ2v) is 20.0. The predicted molar refractivity (Wildman–Crippen MR) is 304 cm³/mol. The molecule has 1 aliphatic rings. The molecule has 7 unspecified atom stereocenters. The first-order chi connectivity index (χ1) is 35.3. The van der Waals surface area contributed by atoms with Gasteiger partial charge in [0.05, 0.1) is 25.4 Å². The molecule has 1 amide bonds. The molecule has 0 aromatic heterocycles. The molecule has 1 aliphatic heterocycles. The molecule has 0 aliphatic carbocycles. The zero-order valence-corrected chi connectivity index (χ0v) is 45.9. The van der Waals surface area contributed by atoms with Crippen LogP contribution in [0.1, 0.15) is 239 Å². The second-order valence-electron chi connectivity index (χ2n) is 20.0. The summed E-state index contributed by atoms with van der Waals surface area (Å²) in [4.78, 5) is 13.1. The summed E-state index contributed by atoms with van der Waals surface area (Å²) in [5.74, 6) is -0.213. The molecule has 6 N–H and O–H groups in total. The topological polar surface area (TPSA) is 149 Å². The van der Waals surface area contributed by atoms with Gasteiger partial charge in [0.25, 0.3) is 0 Å². The second kappa shape index (κ2) is 51.6. The monoisotopic (exact) mass is 1010 g/mol. The maximum absolute atomic E-state index is 13.1. The number of allylic oxidation sites excluding steroid dienone is 15. The lowest BCUT2D eigenvalue weighted by molar-refractivity contribution is -0.302. The number of nitrogens with one attached hydrogen (secondary N) is 1. The molecule has 9 heteroatoms. The van der Waals surface area contributed by atoms with Crippen LogP contribution in [0.25, 0.3) is 0 Å². The van der Waals surface area contributed by atoms with Crippen molar-refractivity contribution in [1.82, 2.24) is 5.32 Å². The van der Waals surface area contributed by atoms with Crippen LogP contribution in [0.5, 0.6) is 0 Å². The van der Waals surface area contributed by atoms with Crippen molar-refractivity contribution in [2.24, 2.45) is 0 Å². The Kier molecular flexibility index (Phi) is 48.1. The minimum atomic E-state index is -1.58. The van der Waals surface area contributed by atoms with Crippen molar-refractivity contribution >= 4 is 5.91 Å². The molecule has 7 atom stereocenters. The fourth-order valence-electron chi connectivity index (χ4n) is 8.76. The van der Waals surface area contributed by atoms with E-state index in [9.17, 15) is 30.3 Å². The lowest BCUT2D eigenvalue weighted by Crippen LogP contribution is -2.60. The van der Waals surface area contributed by atoms with Crippen molar-refractivity contribution in [2.45, 2.75) is 281 Å². The van der Waals surface area contributed by atoms with Crippen LogP contribution in [-0.2, 0) is 14.3 Å². The lowest BCUT2D eigenvalue weighted by Gasteiger charge is -2.40. The van der Waals surface area contributed by atoms with Crippen LogP contribution in [0.4, 0.5) is 0 Å². The van der Waals surface area contributed by atoms with E-state index in [-0.39, 0.29) is 12.5 Å². The molecule has 0 bridgehead atoms. The Balaban J connectivity index is 2.28. The summed E-state index contributed by atoms with van der Waals surface area (Å²) in [5, 5.41) is 54.5. The maximum atomic E-state index is 13.1. The predicted octanol–water partition coefficient (Wildman–Crippen LogP) is 14.8. The van der Waals surface area contributed by atoms with Crippen molar-refractivity contribution in [3.63, 3.8) is 0 Å². The highest BCUT2D eigenvalue weighted by Crippen LogP contribution is 2.23. The fourth-order valence-corrected chi connectivity index (χ4v) is 8.76. The van der Waals surface area contributed by atoms with Gasteiger partial charge in [-0.25, -0.2) is 0 Å². The Morgan fingerprint density at radius 1 is 0.486 bits per heavy atom. The summed E-state index contributed by atoms with van der Waals surface area (Å²) in [6, 6.07) is -0.844. The van der Waals surface area contributed by atoms with E-state index >= 15 is 0 Å². The van der Waals surface area contributed by atoms with Gasteiger partial charge < -0.3 is 40.3 Å². The molecule has 72 heavy (non-hydrogen) atoms. The standard InChI is InChI=1S/C63H109NO8/c1-3-5-7-9-11-13-15-17-19-21-23-25-27-28-29-31-32-34-36-38-40-42-44-46-48-50-52-57(66)56(55-71-63-62(70)61(69)60(68)58(54-65)72-63)64-59(67)53-51-49-47-45-43-41-39-37-35-33-30-26-24-22-20-18-16-14-12-10-8-6-4-2/h6,8,12,14,18,20,24,26,33,35,39,41-42,44,50,52,56-58,60-63,65-66,68-70H,3-5,7,9-11,13,15-17,19,21-23,25,27-32,34,36-38,40,43,45-49,51,53-55H2,1-2H3,(H,64,67)/b8-6-,14-12-,20-18-,26-24-,35-33-,41-39-,44-42+,52-50+. The molecule has 1 saturated heterocycles. The maximum Gasteiger partial charge on any atom is 0.220 e. The van der Waals surface area contributed by atoms with Gasteiger partial charge in [0.15, 0.2) is 6.29 Å². The molecule has 0 aromatic carbocycles. The fraction of sp³-hybridized carbons (Fsp3) is 0.730. The van der Waals surface area contributed by atoms with Crippen molar-refractivity contribution < 1.29 is 39.8 Å². The van der Waals surface area contributed by atoms with E-state index in [0.29, 0.717) is 12.8 Å². The van der Waals surface area contributed by atoms with E-state index in [2.05, 4.69) is 104 Å². The van der Waals surface area contributed by atoms with Crippen LogP contribution < -0.4 is 5.32 Å². The zero-order valence-electron chi connectivity index (χ0n) is 45.9. The highest BCUT2D eigenvalue weighted by atomic mass is 16.7. The molecule has 0 spiro atoms. The number of hydrogen-bond donors (Lipinski definition) is 6. The largest absolute Gasteiger partial charge is 0.394 e. The number of hydrogen-bond acceptors (Lipinski definition) is 8. The lowest BCUT2D eigenvalue weighted by atomic mass is 9.99. The number of unbranched alkanes of at least 4 members (excludes halogenated alkanes) is 25. The van der Waals surface area contributed by atoms with E-state index in [0.717, 1.165) is 83.5 Å². The number of aliphatic hydroxyl groups excluding tert-OH is 5. The summed E-state index contributed by atoms with van der Waals surface area (Å²) in [7, 11) is 0. The van der Waals surface area contributed by atoms with Gasteiger partial charge in [-0.1, -0.05) is 246 Å². The highest BCUT2D eigenvalue weighted by molar-refractivity contribution is 5.76. The smallest absolute Gasteiger partial charge is 0.220 e. The average molecular weight is 1010 g/mol. The van der Waals surface area contributed by atoms with Crippen molar-refractivity contribution in [3.8, 4) is 0 Å². The normalized spacial score (nSPS) is 19.9. The first-order valence-electron chi connectivity index (χ1n) is 29.5. The molecule has 0 radical (unpaired) electrons. The minimum absolute atomic E-state index is 0.213. The highest BCUT2D eigenvalue weighted by Gasteiger charge is 2.44. The Morgan fingerprint density at radius 2 is 0.875 bits per heavy atom. The summed E-state index contributed by atoms with van der Waals surface area (Å²) in [6.07, 6.45) is 67.6. The van der Waals surface area contributed by atoms with Crippen LogP contribution >= 0.6 is 0 Å². The Hall–Kier alpha value is -2.89. The number of carbonyl (C=O) groups excluding carboxylic acids is 1. The van der Waals surface area contributed by atoms with Crippen LogP contribution in [-0.4, -0.2) is 87.5 Å². The molecular formula is C63H109NO8. The first kappa shape index (κ1) is 67.1. The van der Waals surface area contributed by atoms with Crippen LogP contribution in [0, 0.1) is 0 Å². The van der Waals surface area contributed by atoms with Gasteiger partial charge in [-0.15, -0.1) is 0 Å². The number of aliphatic hydroxyl groups is 5. The van der Waals surface area contributed by atoms with E-state index < -0.39 is 49.5 Å². The molecule has 1 heterocycles. The third-order valence-electron chi connectivity index (χ3n) is 13.4. The third kappa shape index (κ3) is 40.5. The van der Waals surface area contributed by atoms with Gasteiger partial charge in [-0.2, -0.15) is 0 Å². The van der Waals surface area contributed by atoms with E-state index in [4.69, 9.17) is 9.47 Å². The van der Waals surface area contributed by atoms with E-state index in [1.807, 2.05) is 6.08 Å². The first-order valence-corrected chi connectivity index (χ1v) is 29.5. The summed E-state index contributed by atoms with van der Waals surface area (Å²) in [5.41, 5.74) is 0. The molecule has 0 aromatic rings. The van der Waals surface area contributed by atoms with Crippen molar-refractivity contribution in [3.05, 3.63) is 97.2 Å². The van der Waals surface area contributed by atoms with Gasteiger partial charge in [0.2, 0.25) is 5.91 Å². The molecule has 1 fully saturated rings. The summed E-state index contributed by atoms with van der Waals surface area (Å²) >= 11 is 0. The molecule has 0 saturated carbocycles. The Bertz CT molecular complexity index is 1450. The van der Waals surface area contributed by atoms with Gasteiger partial charge in [-0.05, 0) is 83.5 Å². The quantitative estimate of drug-likeness (QED) is 0.0261. The molecule has 1 rings (SSSR count). The number of carbonyl (C=O) groups is 1. The van der Waals surface area contributed by atoms with E-state index in [1.54, 1.807) is 6.08 Å². The van der Waals surface area contributed by atoms with Gasteiger partial charge in [-0.3, -0.25) is 4.79 Å². The molecule has 414 valence electrons. The van der Waals surface area contributed by atoms with Crippen LogP contribution in [0.15, 0.2) is 97.2 Å². The number of ether oxygens (including phenoxy) is 2. The van der Waals surface area contributed by atoms with Crippen LogP contribution in [0.3, 0.4) is 0 Å². The minimum Gasteiger partial charge on any atom is -0.394 e. The van der Waals surface area contributed by atoms with Crippen molar-refractivity contribution in [2.75, 3.05) is 13.2 Å². The van der Waals surface area contributed by atoms with Crippen molar-refractivity contribution in [1.29, 1.82) is 0 Å². The summed E-state index contributed by atoms with van der Waals surface area (Å²) < 4.78 is 11.3. The molecular weight excluding hydrogens is 899 g/mol. The van der Waals surface area contributed by atoms with Crippen LogP contribution in [0.2, 0.25) is 0 Å². The molecule has 9 nitrogen and oxygen atoms in total. The van der Waals surface area contributed by atoms with Gasteiger partial charge >= 0.3 is 0 Å². The SMILES string of the molecule is CC/C=C\C/C=C\C/C=C\C/C=C\C/C=C\C/C=C\CCCCCCC(=O)NC(COC1OC(CO)C(O)C(O)C1O)C(O)/C=C/CC/C=C/CCCCCCCCCCCCCCCCCCCCCC. The number of amides is 1. The van der Waals surface area contributed by atoms with Gasteiger partial charge in [0.1, 0.15) is 24.4 Å².